The van der Waals surface area contributed by atoms with E-state index in [9.17, 15) is 0 Å². The molecule has 0 aromatic rings. The topological polar surface area (TPSA) is 9.23 Å². The van der Waals surface area contributed by atoms with Gasteiger partial charge in [-0.05, 0) is 24.5 Å². The second kappa shape index (κ2) is 3.74. The van der Waals surface area contributed by atoms with Crippen molar-refractivity contribution in [1.82, 2.24) is 0 Å². The molecule has 3 heteroatoms. The van der Waals surface area contributed by atoms with Crippen molar-refractivity contribution in [2.24, 2.45) is 11.8 Å². The summed E-state index contributed by atoms with van der Waals surface area (Å²) in [7, 11) is 1.67. The van der Waals surface area contributed by atoms with Gasteiger partial charge in [0.15, 0.2) is 0 Å². The van der Waals surface area contributed by atoms with E-state index in [2.05, 4.69) is 6.92 Å². The molecule has 0 aromatic carbocycles. The Morgan fingerprint density at radius 2 is 2.33 bits per heavy atom. The molecule has 0 spiro atoms. The molecule has 1 aliphatic carbocycles. The van der Waals surface area contributed by atoms with E-state index < -0.39 is 0 Å². The third-order valence-electron chi connectivity index (χ3n) is 1.67. The molecule has 2 unspecified atom stereocenters. The molecule has 1 fully saturated rings. The Morgan fingerprint density at radius 3 is 2.78 bits per heavy atom. The normalized spacial score (nSPS) is 32.7. The van der Waals surface area contributed by atoms with Crippen molar-refractivity contribution >= 4 is 21.9 Å². The first-order chi connectivity index (χ1) is 4.34. The molecule has 2 atom stereocenters. The number of hydrogen-bond acceptors (Lipinski definition) is 3. The highest BCUT2D eigenvalue weighted by Crippen LogP contribution is 2.39. The van der Waals surface area contributed by atoms with Crippen molar-refractivity contribution in [3.63, 3.8) is 0 Å². The van der Waals surface area contributed by atoms with Crippen molar-refractivity contribution in [2.45, 2.75) is 13.3 Å². The Balaban J connectivity index is 1.83. The summed E-state index contributed by atoms with van der Waals surface area (Å²) in [6.45, 7) is 3.23. The highest BCUT2D eigenvalue weighted by atomic mass is 33.1. The Hall–Kier alpha value is 0.660. The van der Waals surface area contributed by atoms with Crippen LogP contribution in [0.15, 0.2) is 0 Å². The third-order valence-corrected chi connectivity index (χ3v) is 2.74. The summed E-state index contributed by atoms with van der Waals surface area (Å²) in [5, 5.41) is 0. The average Bonchev–Trinajstić information content (AvgIpc) is 2.48. The number of rotatable bonds is 4. The molecule has 0 N–H and O–H groups in total. The molecule has 1 nitrogen and oxygen atoms in total. The van der Waals surface area contributed by atoms with Crippen LogP contribution in [0.5, 0.6) is 0 Å². The molecule has 54 valence electrons. The molecule has 0 bridgehead atoms. The van der Waals surface area contributed by atoms with Gasteiger partial charge >= 0.3 is 0 Å². The molecule has 0 aliphatic heterocycles. The van der Waals surface area contributed by atoms with Crippen LogP contribution in [-0.4, -0.2) is 12.9 Å². The fourth-order valence-electron chi connectivity index (χ4n) is 0.795. The lowest BCUT2D eigenvalue weighted by atomic mass is 10.4. The van der Waals surface area contributed by atoms with Crippen LogP contribution >= 0.6 is 21.9 Å². The van der Waals surface area contributed by atoms with Gasteiger partial charge in [0.05, 0.1) is 17.7 Å². The zero-order valence-corrected chi connectivity index (χ0v) is 7.43. The summed E-state index contributed by atoms with van der Waals surface area (Å²) in [4.78, 5) is 0. The van der Waals surface area contributed by atoms with Gasteiger partial charge in [-0.2, -0.15) is 0 Å². The monoisotopic (exact) mass is 164 g/mol. The first kappa shape index (κ1) is 7.76. The first-order valence-corrected chi connectivity index (χ1v) is 5.65. The molecule has 0 heterocycles. The molecule has 1 saturated carbocycles. The molecular formula is C6H12OS2. The summed E-state index contributed by atoms with van der Waals surface area (Å²) in [6.07, 6.45) is 3.40. The molecule has 9 heavy (non-hydrogen) atoms. The molecule has 0 radical (unpaired) electrons. The van der Waals surface area contributed by atoms with Gasteiger partial charge in [0.2, 0.25) is 0 Å². The summed E-state index contributed by atoms with van der Waals surface area (Å²) in [5.74, 6) is 1.79. The molecule has 0 aromatic heterocycles. The fourth-order valence-corrected chi connectivity index (χ4v) is 1.58. The summed E-state index contributed by atoms with van der Waals surface area (Å²) >= 11 is 1.50. The molecule has 1 rings (SSSR count). The smallest absolute Gasteiger partial charge is 0.0654 e. The molecule has 0 saturated heterocycles. The predicted molar refractivity (Wildman–Crippen MR) is 44.3 cm³/mol. The van der Waals surface area contributed by atoms with Crippen LogP contribution in [0, 0.1) is 11.8 Å². The summed E-state index contributed by atoms with van der Waals surface area (Å²) < 4.78 is 5.26. The van der Waals surface area contributed by atoms with Crippen LogP contribution in [0.2, 0.25) is 0 Å². The minimum Gasteiger partial charge on any atom is -0.305 e. The van der Waals surface area contributed by atoms with E-state index in [1.807, 2.05) is 6.26 Å². The maximum Gasteiger partial charge on any atom is 0.0654 e. The van der Waals surface area contributed by atoms with Gasteiger partial charge in [0.25, 0.3) is 0 Å². The van der Waals surface area contributed by atoms with Gasteiger partial charge in [-0.25, -0.2) is 0 Å². The van der Waals surface area contributed by atoms with E-state index in [0.29, 0.717) is 0 Å². The van der Waals surface area contributed by atoms with Gasteiger partial charge < -0.3 is 4.18 Å². The van der Waals surface area contributed by atoms with E-state index >= 15 is 0 Å². The van der Waals surface area contributed by atoms with Crippen LogP contribution in [0.25, 0.3) is 0 Å². The highest BCUT2D eigenvalue weighted by Gasteiger charge is 2.32. The predicted octanol–water partition coefficient (Wildman–Crippen LogP) is 2.59. The summed E-state index contributed by atoms with van der Waals surface area (Å²) in [5.41, 5.74) is 0. The lowest BCUT2D eigenvalue weighted by Crippen LogP contribution is -1.88. The standard InChI is InChI=1S/C6H12OS2/c1-5-3-6(5)4-7-9-8-2/h5-6H,3-4H2,1-2H3. The van der Waals surface area contributed by atoms with Gasteiger partial charge in [0, 0.05) is 0 Å². The molecule has 1 aliphatic rings. The highest BCUT2D eigenvalue weighted by molar-refractivity contribution is 8.74. The van der Waals surface area contributed by atoms with Crippen molar-refractivity contribution in [1.29, 1.82) is 0 Å². The van der Waals surface area contributed by atoms with Crippen LogP contribution < -0.4 is 0 Å². The van der Waals surface area contributed by atoms with Gasteiger partial charge in [-0.15, -0.1) is 0 Å². The van der Waals surface area contributed by atoms with Gasteiger partial charge in [-0.3, -0.25) is 0 Å². The summed E-state index contributed by atoms with van der Waals surface area (Å²) in [6, 6.07) is 0. The van der Waals surface area contributed by atoms with Gasteiger partial charge in [-0.1, -0.05) is 17.7 Å². The van der Waals surface area contributed by atoms with E-state index in [4.69, 9.17) is 4.18 Å². The Morgan fingerprint density at radius 1 is 1.67 bits per heavy atom. The second-order valence-corrected chi connectivity index (χ2v) is 4.61. The minimum atomic E-state index is 0.865. The maximum atomic E-state index is 5.26. The van der Waals surface area contributed by atoms with Crippen LogP contribution in [0.1, 0.15) is 13.3 Å². The van der Waals surface area contributed by atoms with Crippen molar-refractivity contribution in [3.8, 4) is 0 Å². The largest absolute Gasteiger partial charge is 0.305 e. The van der Waals surface area contributed by atoms with Crippen molar-refractivity contribution in [2.75, 3.05) is 12.9 Å². The fraction of sp³-hybridized carbons (Fsp3) is 1.00. The van der Waals surface area contributed by atoms with Crippen LogP contribution in [0.4, 0.5) is 0 Å². The van der Waals surface area contributed by atoms with E-state index in [0.717, 1.165) is 18.4 Å². The lowest BCUT2D eigenvalue weighted by molar-refractivity contribution is 0.348. The van der Waals surface area contributed by atoms with Crippen molar-refractivity contribution in [3.05, 3.63) is 0 Å². The average molecular weight is 164 g/mol. The Kier molecular flexibility index (Phi) is 3.22. The third kappa shape index (κ3) is 2.83. The van der Waals surface area contributed by atoms with E-state index in [1.54, 1.807) is 10.8 Å². The zero-order valence-electron chi connectivity index (χ0n) is 5.79. The maximum absolute atomic E-state index is 5.26. The number of hydrogen-bond donors (Lipinski definition) is 0. The first-order valence-electron chi connectivity index (χ1n) is 3.17. The second-order valence-electron chi connectivity index (χ2n) is 2.49. The SMILES string of the molecule is CSSOCC1CC1C. The molecule has 0 amide bonds. The molecular weight excluding hydrogens is 152 g/mol. The Bertz CT molecular complexity index is 87.1. The quantitative estimate of drug-likeness (QED) is 0.359. The van der Waals surface area contributed by atoms with Gasteiger partial charge in [0.1, 0.15) is 0 Å². The van der Waals surface area contributed by atoms with Crippen LogP contribution in [-0.2, 0) is 4.18 Å². The van der Waals surface area contributed by atoms with Crippen molar-refractivity contribution < 1.29 is 4.18 Å². The van der Waals surface area contributed by atoms with E-state index in [-0.39, 0.29) is 0 Å². The van der Waals surface area contributed by atoms with E-state index in [1.165, 1.54) is 17.5 Å². The minimum absolute atomic E-state index is 0.865. The lowest BCUT2D eigenvalue weighted by Gasteiger charge is -1.95. The van der Waals surface area contributed by atoms with Crippen LogP contribution in [0.3, 0.4) is 0 Å². The zero-order chi connectivity index (χ0) is 6.69. The Labute approximate surface area is 64.5 Å².